The Morgan fingerprint density at radius 3 is 2.60 bits per heavy atom. The van der Waals surface area contributed by atoms with Crippen LogP contribution in [0.1, 0.15) is 58.3 Å². The zero-order chi connectivity index (χ0) is 11.1. The second kappa shape index (κ2) is 6.29. The van der Waals surface area contributed by atoms with Gasteiger partial charge >= 0.3 is 0 Å². The minimum Gasteiger partial charge on any atom is -0.271 e. The molecule has 1 saturated carbocycles. The molecule has 0 spiro atoms. The second-order valence-electron chi connectivity index (χ2n) is 4.86. The van der Waals surface area contributed by atoms with E-state index in [0.717, 1.165) is 6.42 Å². The summed E-state index contributed by atoms with van der Waals surface area (Å²) in [5, 5.41) is 0. The summed E-state index contributed by atoms with van der Waals surface area (Å²) in [6, 6.07) is 0.505. The van der Waals surface area contributed by atoms with Gasteiger partial charge in [-0.1, -0.05) is 25.8 Å². The van der Waals surface area contributed by atoms with Crippen LogP contribution in [-0.4, -0.2) is 6.04 Å². The Morgan fingerprint density at radius 2 is 2.13 bits per heavy atom. The van der Waals surface area contributed by atoms with E-state index in [4.69, 9.17) is 5.84 Å². The van der Waals surface area contributed by atoms with Gasteiger partial charge in [-0.2, -0.15) is 0 Å². The molecule has 0 amide bonds. The molecule has 1 aliphatic rings. The normalized spacial score (nSPS) is 21.5. The van der Waals surface area contributed by atoms with Crippen LogP contribution in [0.3, 0.4) is 0 Å². The molecule has 0 bridgehead atoms. The van der Waals surface area contributed by atoms with Gasteiger partial charge in [-0.25, -0.2) is 0 Å². The van der Waals surface area contributed by atoms with Crippen LogP contribution in [-0.2, 0) is 0 Å². The van der Waals surface area contributed by atoms with Gasteiger partial charge in [0, 0.05) is 6.04 Å². The van der Waals surface area contributed by atoms with Crippen molar-refractivity contribution in [1.82, 2.24) is 5.43 Å². The van der Waals surface area contributed by atoms with E-state index < -0.39 is 0 Å². The minimum atomic E-state index is 0.482. The Hall–Kier alpha value is -0.340. The first-order valence-electron chi connectivity index (χ1n) is 6.36. The van der Waals surface area contributed by atoms with Gasteiger partial charge in [0.1, 0.15) is 0 Å². The van der Waals surface area contributed by atoms with E-state index in [0.29, 0.717) is 11.5 Å². The van der Waals surface area contributed by atoms with E-state index in [9.17, 15) is 0 Å². The summed E-state index contributed by atoms with van der Waals surface area (Å²) in [5.74, 6) is 5.72. The standard InChI is InChI=1S/C13H26N2/c1-3-5-6-9-12(15-14)13(4-2)10-7-8-11-13/h3,12,15H,1,4-11,14H2,2H3. The number of allylic oxidation sites excluding steroid dienone is 1. The summed E-state index contributed by atoms with van der Waals surface area (Å²) in [5.41, 5.74) is 3.54. The first kappa shape index (κ1) is 12.7. The average molecular weight is 210 g/mol. The van der Waals surface area contributed by atoms with E-state index in [1.54, 1.807) is 0 Å². The fourth-order valence-corrected chi connectivity index (χ4v) is 3.06. The summed E-state index contributed by atoms with van der Waals surface area (Å²) < 4.78 is 0. The monoisotopic (exact) mass is 210 g/mol. The molecule has 0 radical (unpaired) electrons. The fraction of sp³-hybridized carbons (Fsp3) is 0.846. The molecule has 1 rings (SSSR count). The fourth-order valence-electron chi connectivity index (χ4n) is 3.06. The number of nitrogens with two attached hydrogens (primary N) is 1. The lowest BCUT2D eigenvalue weighted by Crippen LogP contribution is -2.47. The molecule has 3 N–H and O–H groups in total. The van der Waals surface area contributed by atoms with E-state index in [-0.39, 0.29) is 0 Å². The minimum absolute atomic E-state index is 0.482. The van der Waals surface area contributed by atoms with Crippen molar-refractivity contribution in [3.63, 3.8) is 0 Å². The number of unbranched alkanes of at least 4 members (excludes halogenated alkanes) is 1. The zero-order valence-electron chi connectivity index (χ0n) is 10.1. The van der Waals surface area contributed by atoms with Gasteiger partial charge in [0.15, 0.2) is 0 Å². The van der Waals surface area contributed by atoms with Crippen LogP contribution in [0.15, 0.2) is 12.7 Å². The highest BCUT2D eigenvalue weighted by molar-refractivity contribution is 4.93. The van der Waals surface area contributed by atoms with Crippen molar-refractivity contribution in [1.29, 1.82) is 0 Å². The van der Waals surface area contributed by atoms with E-state index in [1.807, 2.05) is 6.08 Å². The number of hydrogen-bond donors (Lipinski definition) is 2. The highest BCUT2D eigenvalue weighted by atomic mass is 15.2. The van der Waals surface area contributed by atoms with Crippen molar-refractivity contribution < 1.29 is 0 Å². The summed E-state index contributed by atoms with van der Waals surface area (Å²) in [4.78, 5) is 0. The molecule has 1 unspecified atom stereocenters. The Bertz CT molecular complexity index is 183. The Balaban J connectivity index is 2.50. The summed E-state index contributed by atoms with van der Waals surface area (Å²) in [6.07, 6.45) is 12.2. The van der Waals surface area contributed by atoms with E-state index in [1.165, 1.54) is 44.9 Å². The molecule has 88 valence electrons. The van der Waals surface area contributed by atoms with Gasteiger partial charge in [-0.15, -0.1) is 6.58 Å². The predicted molar refractivity (Wildman–Crippen MR) is 66.4 cm³/mol. The van der Waals surface area contributed by atoms with Crippen molar-refractivity contribution in [3.05, 3.63) is 12.7 Å². The van der Waals surface area contributed by atoms with Gasteiger partial charge < -0.3 is 0 Å². The topological polar surface area (TPSA) is 38.0 Å². The van der Waals surface area contributed by atoms with Crippen molar-refractivity contribution in [2.75, 3.05) is 0 Å². The molecule has 0 aromatic rings. The van der Waals surface area contributed by atoms with Crippen LogP contribution in [0.4, 0.5) is 0 Å². The molecular formula is C13H26N2. The van der Waals surface area contributed by atoms with Crippen LogP contribution >= 0.6 is 0 Å². The van der Waals surface area contributed by atoms with Crippen LogP contribution in [0.25, 0.3) is 0 Å². The largest absolute Gasteiger partial charge is 0.271 e. The Labute approximate surface area is 94.3 Å². The molecule has 0 aromatic carbocycles. The Kier molecular flexibility index (Phi) is 5.34. The second-order valence-corrected chi connectivity index (χ2v) is 4.86. The van der Waals surface area contributed by atoms with E-state index in [2.05, 4.69) is 18.9 Å². The molecule has 1 aliphatic carbocycles. The molecule has 0 aromatic heterocycles. The van der Waals surface area contributed by atoms with Crippen LogP contribution < -0.4 is 11.3 Å². The quantitative estimate of drug-likeness (QED) is 0.293. The molecular weight excluding hydrogens is 184 g/mol. The molecule has 0 heterocycles. The highest BCUT2D eigenvalue weighted by Gasteiger charge is 2.38. The predicted octanol–water partition coefficient (Wildman–Crippen LogP) is 3.15. The Morgan fingerprint density at radius 1 is 1.47 bits per heavy atom. The zero-order valence-corrected chi connectivity index (χ0v) is 10.1. The van der Waals surface area contributed by atoms with Gasteiger partial charge in [-0.05, 0) is 43.9 Å². The average Bonchev–Trinajstić information content (AvgIpc) is 2.74. The number of nitrogens with one attached hydrogen (secondary N) is 1. The third-order valence-electron chi connectivity index (χ3n) is 4.14. The number of hydrogen-bond acceptors (Lipinski definition) is 2. The van der Waals surface area contributed by atoms with Crippen molar-refractivity contribution in [2.24, 2.45) is 11.3 Å². The van der Waals surface area contributed by atoms with Crippen LogP contribution in [0.2, 0.25) is 0 Å². The third-order valence-corrected chi connectivity index (χ3v) is 4.14. The highest BCUT2D eigenvalue weighted by Crippen LogP contribution is 2.44. The first-order chi connectivity index (χ1) is 7.29. The number of rotatable bonds is 7. The maximum absolute atomic E-state index is 5.72. The van der Waals surface area contributed by atoms with E-state index >= 15 is 0 Å². The van der Waals surface area contributed by atoms with Crippen LogP contribution in [0, 0.1) is 5.41 Å². The lowest BCUT2D eigenvalue weighted by molar-refractivity contribution is 0.175. The smallest absolute Gasteiger partial charge is 0.0266 e. The van der Waals surface area contributed by atoms with Crippen molar-refractivity contribution >= 4 is 0 Å². The molecule has 0 saturated heterocycles. The molecule has 1 atom stereocenters. The summed E-state index contributed by atoms with van der Waals surface area (Å²) in [6.45, 7) is 6.08. The molecule has 2 nitrogen and oxygen atoms in total. The maximum atomic E-state index is 5.72. The van der Waals surface area contributed by atoms with Gasteiger partial charge in [0.05, 0.1) is 0 Å². The van der Waals surface area contributed by atoms with Gasteiger partial charge in [0.25, 0.3) is 0 Å². The lowest BCUT2D eigenvalue weighted by atomic mass is 9.74. The lowest BCUT2D eigenvalue weighted by Gasteiger charge is -2.36. The number of hydrazine groups is 1. The molecule has 1 fully saturated rings. The summed E-state index contributed by atoms with van der Waals surface area (Å²) in [7, 11) is 0. The third kappa shape index (κ3) is 3.05. The van der Waals surface area contributed by atoms with Crippen molar-refractivity contribution in [3.8, 4) is 0 Å². The van der Waals surface area contributed by atoms with Gasteiger partial charge in [-0.3, -0.25) is 11.3 Å². The molecule has 0 aliphatic heterocycles. The van der Waals surface area contributed by atoms with Crippen molar-refractivity contribution in [2.45, 2.75) is 64.3 Å². The molecule has 2 heteroatoms. The summed E-state index contributed by atoms with van der Waals surface area (Å²) >= 11 is 0. The first-order valence-corrected chi connectivity index (χ1v) is 6.36. The van der Waals surface area contributed by atoms with Crippen LogP contribution in [0.5, 0.6) is 0 Å². The van der Waals surface area contributed by atoms with Gasteiger partial charge in [0.2, 0.25) is 0 Å². The maximum Gasteiger partial charge on any atom is 0.0266 e. The molecule has 15 heavy (non-hydrogen) atoms. The SMILES string of the molecule is C=CCCCC(NN)C1(CC)CCCC1.